The van der Waals surface area contributed by atoms with E-state index in [0.29, 0.717) is 6.42 Å². The summed E-state index contributed by atoms with van der Waals surface area (Å²) in [6.45, 7) is 0.744. The van der Waals surface area contributed by atoms with Gasteiger partial charge in [0.25, 0.3) is 0 Å². The molecule has 3 amide bonds. The Morgan fingerprint density at radius 3 is 1.85 bits per heavy atom. The first-order valence-corrected chi connectivity index (χ1v) is 9.93. The van der Waals surface area contributed by atoms with E-state index in [0.717, 1.165) is 13.0 Å². The van der Waals surface area contributed by atoms with Gasteiger partial charge in [-0.05, 0) is 19.4 Å². The molecule has 1 aliphatic rings. The van der Waals surface area contributed by atoms with Crippen LogP contribution in [0.25, 0.3) is 0 Å². The highest BCUT2D eigenvalue weighted by Crippen LogP contribution is 2.05. The van der Waals surface area contributed by atoms with Gasteiger partial charge in [-0.1, -0.05) is 0 Å². The van der Waals surface area contributed by atoms with Gasteiger partial charge in [0.05, 0.1) is 6.04 Å². The maximum atomic E-state index is 12.3. The summed E-state index contributed by atoms with van der Waals surface area (Å²) in [6, 6.07) is -3.51. The van der Waals surface area contributed by atoms with Crippen LogP contribution in [0.4, 0.5) is 0 Å². The van der Waals surface area contributed by atoms with Crippen molar-refractivity contribution in [3.8, 4) is 0 Å². The second kappa shape index (κ2) is 11.6. The fourth-order valence-corrected chi connectivity index (χ4v) is 3.06. The number of carboxylic acid groups (broad SMARTS) is 1. The summed E-state index contributed by atoms with van der Waals surface area (Å²) in [4.78, 5) is 47.6. The molecule has 1 heterocycles. The van der Waals surface area contributed by atoms with Crippen LogP contribution in [-0.4, -0.2) is 76.8 Å². The van der Waals surface area contributed by atoms with E-state index in [9.17, 15) is 19.2 Å². The number of carboxylic acids is 1. The molecule has 5 N–H and O–H groups in total. The summed E-state index contributed by atoms with van der Waals surface area (Å²) in [5, 5.41) is 19.3. The van der Waals surface area contributed by atoms with Gasteiger partial charge in [-0.3, -0.25) is 14.4 Å². The lowest BCUT2D eigenvalue weighted by Crippen LogP contribution is -2.58. The maximum absolute atomic E-state index is 12.3. The molecular formula is C14H24N4O5S3. The number of carbonyl (C=O) groups excluding carboxylic acids is 3. The van der Waals surface area contributed by atoms with E-state index < -0.39 is 35.9 Å². The highest BCUT2D eigenvalue weighted by molar-refractivity contribution is 7.80. The van der Waals surface area contributed by atoms with Gasteiger partial charge in [0.15, 0.2) is 0 Å². The van der Waals surface area contributed by atoms with Crippen LogP contribution in [-0.2, 0) is 19.2 Å². The molecule has 1 aliphatic heterocycles. The molecule has 0 radical (unpaired) electrons. The summed E-state index contributed by atoms with van der Waals surface area (Å²) in [5.74, 6) is -2.94. The van der Waals surface area contributed by atoms with Crippen LogP contribution >= 0.6 is 37.9 Å². The molecule has 1 fully saturated rings. The number of hydrogen-bond acceptors (Lipinski definition) is 8. The third kappa shape index (κ3) is 6.89. The average Bonchev–Trinajstić information content (AvgIpc) is 3.15. The molecule has 26 heavy (non-hydrogen) atoms. The van der Waals surface area contributed by atoms with Crippen molar-refractivity contribution in [1.82, 2.24) is 21.3 Å². The minimum atomic E-state index is -1.23. The quantitative estimate of drug-likeness (QED) is 0.192. The van der Waals surface area contributed by atoms with Crippen molar-refractivity contribution in [2.45, 2.75) is 37.0 Å². The summed E-state index contributed by atoms with van der Waals surface area (Å²) in [7, 11) is 0. The minimum Gasteiger partial charge on any atom is -0.480 e. The van der Waals surface area contributed by atoms with Gasteiger partial charge < -0.3 is 26.4 Å². The zero-order valence-corrected chi connectivity index (χ0v) is 16.7. The third-order valence-corrected chi connectivity index (χ3v) is 4.90. The predicted octanol–water partition coefficient (Wildman–Crippen LogP) is -1.93. The van der Waals surface area contributed by atoms with E-state index >= 15 is 0 Å². The summed E-state index contributed by atoms with van der Waals surface area (Å²) < 4.78 is 0. The van der Waals surface area contributed by atoms with Crippen LogP contribution < -0.4 is 21.3 Å². The number of hydrogen-bond donors (Lipinski definition) is 8. The Morgan fingerprint density at radius 1 is 0.923 bits per heavy atom. The van der Waals surface area contributed by atoms with Gasteiger partial charge in [0, 0.05) is 17.3 Å². The van der Waals surface area contributed by atoms with Crippen molar-refractivity contribution < 1.29 is 24.3 Å². The van der Waals surface area contributed by atoms with Crippen LogP contribution in [0.1, 0.15) is 12.8 Å². The fraction of sp³-hybridized carbons (Fsp3) is 0.714. The molecule has 4 atom stereocenters. The number of nitrogens with one attached hydrogen (secondary N) is 4. The first kappa shape index (κ1) is 22.9. The van der Waals surface area contributed by atoms with Gasteiger partial charge in [-0.25, -0.2) is 4.79 Å². The second-order valence-electron chi connectivity index (χ2n) is 5.72. The maximum Gasteiger partial charge on any atom is 0.327 e. The Balaban J connectivity index is 2.63. The standard InChI is InChI=1S/C14H24N4O5S3/c19-11(7-2-1-3-15-7)16-8(4-24)12(20)17-9(5-25)13(21)18-10(6-26)14(22)23/h7-10,15,24-26H,1-6H2,(H,16,19)(H,17,20)(H,18,21)(H,22,23). The smallest absolute Gasteiger partial charge is 0.327 e. The second-order valence-corrected chi connectivity index (χ2v) is 6.81. The van der Waals surface area contributed by atoms with E-state index in [1.807, 2.05) is 0 Å². The Hall–Kier alpha value is -1.11. The monoisotopic (exact) mass is 424 g/mol. The number of carbonyl (C=O) groups is 4. The fourth-order valence-electron chi connectivity index (χ4n) is 2.30. The third-order valence-electron chi connectivity index (χ3n) is 3.81. The SMILES string of the molecule is O=C(O)C(CS)NC(=O)C(CS)NC(=O)C(CS)NC(=O)C1CCCN1. The highest BCUT2D eigenvalue weighted by atomic mass is 32.1. The van der Waals surface area contributed by atoms with Crippen molar-refractivity contribution >= 4 is 61.6 Å². The molecule has 1 rings (SSSR count). The van der Waals surface area contributed by atoms with Crippen molar-refractivity contribution in [2.24, 2.45) is 0 Å². The number of amides is 3. The van der Waals surface area contributed by atoms with Gasteiger partial charge in [0.1, 0.15) is 18.1 Å². The van der Waals surface area contributed by atoms with Gasteiger partial charge in [-0.2, -0.15) is 37.9 Å². The van der Waals surface area contributed by atoms with E-state index in [4.69, 9.17) is 5.11 Å². The van der Waals surface area contributed by atoms with Gasteiger partial charge in [-0.15, -0.1) is 0 Å². The molecule has 0 aromatic carbocycles. The molecule has 4 unspecified atom stereocenters. The van der Waals surface area contributed by atoms with E-state index in [1.54, 1.807) is 0 Å². The molecular weight excluding hydrogens is 400 g/mol. The normalized spacial score (nSPS) is 19.9. The van der Waals surface area contributed by atoms with E-state index in [2.05, 4.69) is 59.2 Å². The minimum absolute atomic E-state index is 0.0413. The molecule has 148 valence electrons. The summed E-state index contributed by atoms with van der Waals surface area (Å²) >= 11 is 11.9. The average molecular weight is 425 g/mol. The van der Waals surface area contributed by atoms with E-state index in [1.165, 1.54) is 0 Å². The summed E-state index contributed by atoms with van der Waals surface area (Å²) in [5.41, 5.74) is 0. The van der Waals surface area contributed by atoms with Crippen LogP contribution in [0.5, 0.6) is 0 Å². The van der Waals surface area contributed by atoms with Crippen molar-refractivity contribution in [1.29, 1.82) is 0 Å². The van der Waals surface area contributed by atoms with Gasteiger partial charge in [0.2, 0.25) is 17.7 Å². The lowest BCUT2D eigenvalue weighted by atomic mass is 10.2. The van der Waals surface area contributed by atoms with Crippen LogP contribution in [0.15, 0.2) is 0 Å². The number of rotatable bonds is 10. The Kier molecular flexibility index (Phi) is 10.2. The molecule has 0 aromatic rings. The molecule has 1 saturated heterocycles. The molecule has 0 spiro atoms. The molecule has 9 nitrogen and oxygen atoms in total. The lowest BCUT2D eigenvalue weighted by molar-refractivity contribution is -0.141. The lowest BCUT2D eigenvalue weighted by Gasteiger charge is -2.23. The van der Waals surface area contributed by atoms with Crippen molar-refractivity contribution in [2.75, 3.05) is 23.8 Å². The van der Waals surface area contributed by atoms with Crippen molar-refractivity contribution in [3.63, 3.8) is 0 Å². The Labute approximate surface area is 168 Å². The molecule has 0 bridgehead atoms. The molecule has 12 heteroatoms. The molecule has 0 aliphatic carbocycles. The first-order valence-electron chi connectivity index (χ1n) is 8.03. The number of thiol groups is 3. The highest BCUT2D eigenvalue weighted by Gasteiger charge is 2.30. The summed E-state index contributed by atoms with van der Waals surface area (Å²) in [6.07, 6.45) is 1.57. The first-order chi connectivity index (χ1) is 12.3. The zero-order chi connectivity index (χ0) is 19.7. The Bertz CT molecular complexity index is 531. The zero-order valence-electron chi connectivity index (χ0n) is 14.0. The molecule has 0 saturated carbocycles. The molecule has 0 aromatic heterocycles. The van der Waals surface area contributed by atoms with Gasteiger partial charge >= 0.3 is 5.97 Å². The van der Waals surface area contributed by atoms with Crippen molar-refractivity contribution in [3.05, 3.63) is 0 Å². The van der Waals surface area contributed by atoms with Crippen LogP contribution in [0.2, 0.25) is 0 Å². The van der Waals surface area contributed by atoms with E-state index in [-0.39, 0.29) is 29.2 Å². The largest absolute Gasteiger partial charge is 0.480 e. The predicted molar refractivity (Wildman–Crippen MR) is 106 cm³/mol. The van der Waals surface area contributed by atoms with Crippen LogP contribution in [0, 0.1) is 0 Å². The Morgan fingerprint density at radius 2 is 1.42 bits per heavy atom. The van der Waals surface area contributed by atoms with Crippen LogP contribution in [0.3, 0.4) is 0 Å². The number of aliphatic carboxylic acids is 1. The topological polar surface area (TPSA) is 137 Å².